The van der Waals surface area contributed by atoms with Gasteiger partial charge in [-0.1, -0.05) is 24.6 Å². The quantitative estimate of drug-likeness (QED) is 0.380. The minimum Gasteiger partial charge on any atom is -0.466 e. The number of nitrogens with zero attached hydrogens (tertiary/aromatic N) is 2. The molecule has 152 valence electrons. The van der Waals surface area contributed by atoms with Gasteiger partial charge in [-0.3, -0.25) is 14.3 Å². The van der Waals surface area contributed by atoms with Crippen LogP contribution in [0.25, 0.3) is 5.69 Å². The number of para-hydroxylation sites is 1. The molecule has 0 aliphatic rings. The summed E-state index contributed by atoms with van der Waals surface area (Å²) in [5.41, 5.74) is 1.91. The van der Waals surface area contributed by atoms with Crippen LogP contribution in [0.4, 0.5) is 5.69 Å². The van der Waals surface area contributed by atoms with E-state index in [1.54, 1.807) is 16.3 Å². The van der Waals surface area contributed by atoms with Crippen LogP contribution in [0, 0.1) is 6.92 Å². The van der Waals surface area contributed by atoms with Crippen molar-refractivity contribution in [2.45, 2.75) is 39.5 Å². The molecule has 0 amide bonds. The Balaban J connectivity index is 1.86. The molecule has 0 saturated carbocycles. The molecule has 0 unspecified atom stereocenters. The van der Waals surface area contributed by atoms with Gasteiger partial charge in [-0.05, 0) is 51.0 Å². The molecule has 0 aliphatic heterocycles. The van der Waals surface area contributed by atoms with Gasteiger partial charge in [0.1, 0.15) is 5.69 Å². The molecule has 0 fully saturated rings. The number of carbonyl (C=O) groups is 1. The van der Waals surface area contributed by atoms with Crippen molar-refractivity contribution in [3.8, 4) is 5.69 Å². The highest BCUT2D eigenvalue weighted by molar-refractivity contribution is 7.80. The average molecular weight is 405 g/mol. The third-order valence-corrected chi connectivity index (χ3v) is 4.69. The highest BCUT2D eigenvalue weighted by Gasteiger charge is 2.16. The van der Waals surface area contributed by atoms with E-state index in [1.807, 2.05) is 44.3 Å². The smallest absolute Gasteiger partial charge is 0.305 e. The van der Waals surface area contributed by atoms with E-state index < -0.39 is 0 Å². The summed E-state index contributed by atoms with van der Waals surface area (Å²) in [6.45, 7) is 4.78. The number of hydrogen-bond acceptors (Lipinski definition) is 4. The maximum absolute atomic E-state index is 12.8. The van der Waals surface area contributed by atoms with Crippen LogP contribution in [-0.2, 0) is 16.6 Å². The molecule has 0 radical (unpaired) electrons. The largest absolute Gasteiger partial charge is 0.466 e. The van der Waals surface area contributed by atoms with Crippen molar-refractivity contribution < 1.29 is 9.53 Å². The maximum Gasteiger partial charge on any atom is 0.305 e. The third-order valence-electron chi connectivity index (χ3n) is 4.44. The number of esters is 1. The summed E-state index contributed by atoms with van der Waals surface area (Å²) in [5, 5.41) is 6.55. The molecule has 1 heterocycles. The summed E-state index contributed by atoms with van der Waals surface area (Å²) in [7, 11) is 1.84. The number of rotatable bonds is 9. The Labute approximate surface area is 170 Å². The van der Waals surface area contributed by atoms with Gasteiger partial charge in [0.25, 0.3) is 5.56 Å². The lowest BCUT2D eigenvalue weighted by Gasteiger charge is -2.09. The average Bonchev–Trinajstić information content (AvgIpc) is 2.89. The van der Waals surface area contributed by atoms with Crippen molar-refractivity contribution in [2.75, 3.05) is 18.5 Å². The molecule has 7 nitrogen and oxygen atoms in total. The van der Waals surface area contributed by atoms with Gasteiger partial charge < -0.3 is 15.4 Å². The first kappa shape index (κ1) is 21.7. The van der Waals surface area contributed by atoms with Crippen LogP contribution in [0.1, 0.15) is 38.3 Å². The number of hydrogen-bond donors (Lipinski definition) is 2. The predicted molar refractivity (Wildman–Crippen MR) is 115 cm³/mol. The second-order valence-electron chi connectivity index (χ2n) is 6.43. The topological polar surface area (TPSA) is 77.3 Å². The molecule has 0 spiro atoms. The molecule has 2 rings (SSSR count). The Bertz CT molecular complexity index is 858. The molecule has 1 aromatic carbocycles. The van der Waals surface area contributed by atoms with E-state index in [9.17, 15) is 9.59 Å². The number of ether oxygens (including phenoxy) is 1. The van der Waals surface area contributed by atoms with Gasteiger partial charge in [0, 0.05) is 20.0 Å². The lowest BCUT2D eigenvalue weighted by Crippen LogP contribution is -2.31. The molecule has 28 heavy (non-hydrogen) atoms. The highest BCUT2D eigenvalue weighted by atomic mass is 32.1. The fraction of sp³-hybridized carbons (Fsp3) is 0.450. The Morgan fingerprint density at radius 3 is 2.57 bits per heavy atom. The summed E-state index contributed by atoms with van der Waals surface area (Å²) < 4.78 is 8.31. The molecule has 8 heteroatoms. The Morgan fingerprint density at radius 2 is 1.89 bits per heavy atom. The van der Waals surface area contributed by atoms with Crippen molar-refractivity contribution in [1.82, 2.24) is 14.7 Å². The van der Waals surface area contributed by atoms with Crippen molar-refractivity contribution >= 4 is 29.0 Å². The summed E-state index contributed by atoms with van der Waals surface area (Å²) in [4.78, 5) is 24.1. The fourth-order valence-electron chi connectivity index (χ4n) is 2.88. The van der Waals surface area contributed by atoms with E-state index in [0.29, 0.717) is 30.4 Å². The molecular weight excluding hydrogens is 376 g/mol. The normalized spacial score (nSPS) is 10.5. The number of unbranched alkanes of at least 4 members (excludes halogenated alkanes) is 2. The molecule has 0 atom stereocenters. The zero-order valence-electron chi connectivity index (χ0n) is 16.7. The number of thiocarbonyl (C=S) groups is 1. The molecule has 0 saturated heterocycles. The van der Waals surface area contributed by atoms with Gasteiger partial charge in [0.15, 0.2) is 5.11 Å². The number of anilines is 1. The van der Waals surface area contributed by atoms with Crippen molar-refractivity contribution in [3.05, 3.63) is 46.4 Å². The van der Waals surface area contributed by atoms with Crippen molar-refractivity contribution in [1.29, 1.82) is 0 Å². The minimum absolute atomic E-state index is 0.148. The van der Waals surface area contributed by atoms with Gasteiger partial charge in [0.2, 0.25) is 0 Å². The van der Waals surface area contributed by atoms with Crippen LogP contribution in [0.5, 0.6) is 0 Å². The van der Waals surface area contributed by atoms with Crippen molar-refractivity contribution in [3.63, 3.8) is 0 Å². The van der Waals surface area contributed by atoms with Crippen LogP contribution in [0.3, 0.4) is 0 Å². The van der Waals surface area contributed by atoms with Crippen LogP contribution >= 0.6 is 12.2 Å². The number of aromatic nitrogens is 2. The van der Waals surface area contributed by atoms with Gasteiger partial charge in [-0.2, -0.15) is 0 Å². The lowest BCUT2D eigenvalue weighted by atomic mass is 10.2. The van der Waals surface area contributed by atoms with E-state index in [2.05, 4.69) is 10.6 Å². The van der Waals surface area contributed by atoms with Gasteiger partial charge in [-0.15, -0.1) is 0 Å². The number of nitrogens with one attached hydrogen (secondary N) is 2. The molecule has 1 aromatic heterocycles. The predicted octanol–water partition coefficient (Wildman–Crippen LogP) is 2.89. The first-order chi connectivity index (χ1) is 13.5. The maximum atomic E-state index is 12.8. The third kappa shape index (κ3) is 5.69. The standard InChI is InChI=1S/C20H28N4O3S/c1-4-27-17(25)13-9-6-10-14-21-20(28)22-18-15(2)23(3)24(19(18)26)16-11-7-5-8-12-16/h5,7-8,11-12H,4,6,9-10,13-14H2,1-3H3,(H2,21,22,28). The Hall–Kier alpha value is -2.61. The highest BCUT2D eigenvalue weighted by Crippen LogP contribution is 2.13. The lowest BCUT2D eigenvalue weighted by molar-refractivity contribution is -0.143. The van der Waals surface area contributed by atoms with Crippen LogP contribution < -0.4 is 16.2 Å². The van der Waals surface area contributed by atoms with E-state index >= 15 is 0 Å². The number of carbonyl (C=O) groups excluding carboxylic acids is 1. The van der Waals surface area contributed by atoms with E-state index in [0.717, 1.165) is 30.6 Å². The fourth-order valence-corrected chi connectivity index (χ4v) is 3.08. The zero-order valence-corrected chi connectivity index (χ0v) is 17.5. The SMILES string of the molecule is CCOC(=O)CCCCCNC(=S)Nc1c(C)n(C)n(-c2ccccc2)c1=O. The monoisotopic (exact) mass is 404 g/mol. The second-order valence-corrected chi connectivity index (χ2v) is 6.84. The molecule has 2 N–H and O–H groups in total. The van der Waals surface area contributed by atoms with E-state index in [4.69, 9.17) is 17.0 Å². The van der Waals surface area contributed by atoms with E-state index in [1.165, 1.54) is 0 Å². The Morgan fingerprint density at radius 1 is 1.18 bits per heavy atom. The first-order valence-corrected chi connectivity index (χ1v) is 9.91. The number of benzene rings is 1. The van der Waals surface area contributed by atoms with Crippen LogP contribution in [-0.4, -0.2) is 33.6 Å². The molecule has 0 bridgehead atoms. The van der Waals surface area contributed by atoms with Crippen molar-refractivity contribution in [2.24, 2.45) is 7.05 Å². The minimum atomic E-state index is -0.151. The summed E-state index contributed by atoms with van der Waals surface area (Å²) >= 11 is 5.32. The van der Waals surface area contributed by atoms with Crippen LogP contribution in [0.15, 0.2) is 35.1 Å². The molecule has 0 aliphatic carbocycles. The van der Waals surface area contributed by atoms with Gasteiger partial charge in [-0.25, -0.2) is 4.68 Å². The van der Waals surface area contributed by atoms with E-state index in [-0.39, 0.29) is 11.5 Å². The molecular formula is C20H28N4O3S. The second kappa shape index (κ2) is 10.7. The summed E-state index contributed by atoms with van der Waals surface area (Å²) in [6.07, 6.45) is 3.02. The summed E-state index contributed by atoms with van der Waals surface area (Å²) in [5.74, 6) is -0.151. The zero-order chi connectivity index (χ0) is 20.5. The van der Waals surface area contributed by atoms with Crippen LogP contribution in [0.2, 0.25) is 0 Å². The van der Waals surface area contributed by atoms with Gasteiger partial charge >= 0.3 is 5.97 Å². The Kier molecular flexibility index (Phi) is 8.25. The molecule has 2 aromatic rings. The first-order valence-electron chi connectivity index (χ1n) is 9.50. The van der Waals surface area contributed by atoms with Gasteiger partial charge in [0.05, 0.1) is 18.0 Å². The summed E-state index contributed by atoms with van der Waals surface area (Å²) in [6, 6.07) is 9.47.